The summed E-state index contributed by atoms with van der Waals surface area (Å²) in [5.74, 6) is 0.437. The molecule has 8 nitrogen and oxygen atoms in total. The molecule has 5 N–H and O–H groups in total. The molecule has 32 heavy (non-hydrogen) atoms. The van der Waals surface area contributed by atoms with E-state index in [-0.39, 0.29) is 23.2 Å². The van der Waals surface area contributed by atoms with Crippen molar-refractivity contribution in [3.63, 3.8) is 0 Å². The van der Waals surface area contributed by atoms with Crippen molar-refractivity contribution in [2.75, 3.05) is 18.4 Å². The number of carbonyl (C=O) groups excluding carboxylic acids is 1. The number of fused-ring (bicyclic) bond motifs is 2. The number of benzene rings is 2. The van der Waals surface area contributed by atoms with Gasteiger partial charge in [-0.05, 0) is 60.4 Å². The SMILES string of the molecule is N=N/C(=C\Nc1ccc(C(=O)N2C[C@@H]3[C@@H](N)[C@@H]3C2)cc1)c1cc2cc(F)ccc2[nH]c1=O. The highest BCUT2D eigenvalue weighted by atomic mass is 19.1. The lowest BCUT2D eigenvalue weighted by Crippen LogP contribution is -2.33. The number of aromatic amines is 1. The van der Waals surface area contributed by atoms with Crippen LogP contribution in [0.2, 0.25) is 0 Å². The number of H-pyrrole nitrogens is 1. The van der Waals surface area contributed by atoms with Crippen molar-refractivity contribution in [1.29, 1.82) is 5.53 Å². The molecule has 0 unspecified atom stereocenters. The van der Waals surface area contributed by atoms with E-state index >= 15 is 0 Å². The minimum Gasteiger partial charge on any atom is -0.360 e. The average molecular weight is 432 g/mol. The second kappa shape index (κ2) is 7.69. The molecular weight excluding hydrogens is 411 g/mol. The predicted molar refractivity (Wildman–Crippen MR) is 119 cm³/mol. The van der Waals surface area contributed by atoms with Crippen LogP contribution in [-0.2, 0) is 0 Å². The summed E-state index contributed by atoms with van der Waals surface area (Å²) in [5, 5.41) is 6.93. The zero-order chi connectivity index (χ0) is 22.4. The fourth-order valence-corrected chi connectivity index (χ4v) is 4.32. The number of likely N-dealkylation sites (tertiary alicyclic amines) is 1. The molecule has 1 aromatic heterocycles. The molecular formula is C23H21FN6O2. The van der Waals surface area contributed by atoms with Crippen molar-refractivity contribution in [3.8, 4) is 0 Å². The van der Waals surface area contributed by atoms with Gasteiger partial charge in [-0.1, -0.05) is 0 Å². The van der Waals surface area contributed by atoms with E-state index < -0.39 is 11.4 Å². The Kier molecular flexibility index (Phi) is 4.82. The van der Waals surface area contributed by atoms with Crippen LogP contribution in [0.3, 0.4) is 0 Å². The third-order valence-corrected chi connectivity index (χ3v) is 6.26. The molecule has 2 fully saturated rings. The molecule has 2 heterocycles. The third kappa shape index (κ3) is 3.56. The molecule has 3 atom stereocenters. The van der Waals surface area contributed by atoms with E-state index in [2.05, 4.69) is 15.4 Å². The van der Waals surface area contributed by atoms with Crippen molar-refractivity contribution in [2.24, 2.45) is 22.7 Å². The number of rotatable bonds is 5. The van der Waals surface area contributed by atoms with Gasteiger partial charge >= 0.3 is 0 Å². The summed E-state index contributed by atoms with van der Waals surface area (Å²) >= 11 is 0. The largest absolute Gasteiger partial charge is 0.360 e. The van der Waals surface area contributed by atoms with Crippen molar-refractivity contribution >= 4 is 28.2 Å². The van der Waals surface area contributed by atoms with Crippen molar-refractivity contribution in [3.05, 3.63) is 82.0 Å². The Morgan fingerprint density at radius 1 is 1.19 bits per heavy atom. The smallest absolute Gasteiger partial charge is 0.258 e. The molecule has 1 saturated carbocycles. The molecule has 0 radical (unpaired) electrons. The summed E-state index contributed by atoms with van der Waals surface area (Å²) in [5.41, 5.74) is 14.9. The minimum atomic E-state index is -0.433. The number of piperidine rings is 1. The number of hydrogen-bond acceptors (Lipinski definition) is 6. The van der Waals surface area contributed by atoms with E-state index in [0.29, 0.717) is 47.1 Å². The summed E-state index contributed by atoms with van der Waals surface area (Å²) < 4.78 is 13.5. The zero-order valence-electron chi connectivity index (χ0n) is 17.0. The molecule has 1 amide bonds. The van der Waals surface area contributed by atoms with Crippen LogP contribution in [0.15, 0.2) is 64.6 Å². The third-order valence-electron chi connectivity index (χ3n) is 6.26. The van der Waals surface area contributed by atoms with Gasteiger partial charge in [0.1, 0.15) is 11.5 Å². The van der Waals surface area contributed by atoms with Gasteiger partial charge in [-0.3, -0.25) is 9.59 Å². The standard InChI is InChI=1S/C23H21FN6O2/c24-14-3-6-19-13(7-14)8-16(22(31)28-19)20(29-26)9-27-15-4-1-12(2-5-15)23(32)30-10-17-18(11-30)21(17)25/h1-9,17-18,21,26-27H,10-11,25H2,(H,28,31)/b20-9-,29-26?/t17-,18+,21+. The Balaban J connectivity index is 1.32. The van der Waals surface area contributed by atoms with E-state index in [1.807, 2.05) is 4.90 Å². The maximum Gasteiger partial charge on any atom is 0.258 e. The van der Waals surface area contributed by atoms with Crippen molar-refractivity contribution < 1.29 is 9.18 Å². The lowest BCUT2D eigenvalue weighted by Gasteiger charge is -2.19. The molecule has 2 aromatic carbocycles. The van der Waals surface area contributed by atoms with Crippen LogP contribution >= 0.6 is 0 Å². The lowest BCUT2D eigenvalue weighted by molar-refractivity contribution is 0.0773. The summed E-state index contributed by atoms with van der Waals surface area (Å²) in [4.78, 5) is 29.6. The Bertz CT molecular complexity index is 1300. The summed E-state index contributed by atoms with van der Waals surface area (Å²) in [6, 6.07) is 12.7. The van der Waals surface area contributed by atoms with Crippen LogP contribution in [0, 0.1) is 23.2 Å². The number of nitrogens with two attached hydrogens (primary N) is 1. The Morgan fingerprint density at radius 2 is 1.91 bits per heavy atom. The van der Waals surface area contributed by atoms with Gasteiger partial charge in [0, 0.05) is 47.5 Å². The van der Waals surface area contributed by atoms with E-state index in [4.69, 9.17) is 11.3 Å². The molecule has 1 aliphatic carbocycles. The Labute approximate surface area is 182 Å². The predicted octanol–water partition coefficient (Wildman–Crippen LogP) is 3.14. The van der Waals surface area contributed by atoms with Crippen molar-refractivity contribution in [1.82, 2.24) is 9.88 Å². The summed E-state index contributed by atoms with van der Waals surface area (Å²) in [6.07, 6.45) is 1.43. The minimum absolute atomic E-state index is 0.0109. The first-order valence-corrected chi connectivity index (χ1v) is 10.3. The van der Waals surface area contributed by atoms with Crippen LogP contribution in [0.1, 0.15) is 15.9 Å². The molecule has 162 valence electrons. The molecule has 5 rings (SSSR count). The molecule has 9 heteroatoms. The molecule has 3 aromatic rings. The number of pyridine rings is 1. The zero-order valence-corrected chi connectivity index (χ0v) is 17.0. The van der Waals surface area contributed by atoms with E-state index in [1.165, 1.54) is 30.5 Å². The molecule has 0 bridgehead atoms. The number of aromatic nitrogens is 1. The van der Waals surface area contributed by atoms with Crippen LogP contribution < -0.4 is 16.6 Å². The topological polar surface area (TPSA) is 127 Å². The van der Waals surface area contributed by atoms with Crippen molar-refractivity contribution in [2.45, 2.75) is 6.04 Å². The van der Waals surface area contributed by atoms with E-state index in [9.17, 15) is 14.0 Å². The van der Waals surface area contributed by atoms with Gasteiger partial charge in [0.2, 0.25) is 0 Å². The van der Waals surface area contributed by atoms with Gasteiger partial charge in [-0.2, -0.15) is 5.11 Å². The quantitative estimate of drug-likeness (QED) is 0.462. The fourth-order valence-electron chi connectivity index (χ4n) is 4.32. The highest BCUT2D eigenvalue weighted by Gasteiger charge is 2.54. The summed E-state index contributed by atoms with van der Waals surface area (Å²) in [6.45, 7) is 1.43. The molecule has 2 aliphatic rings. The maximum atomic E-state index is 13.5. The molecule has 1 aliphatic heterocycles. The number of anilines is 1. The van der Waals surface area contributed by atoms with Gasteiger partial charge in [0.15, 0.2) is 0 Å². The van der Waals surface area contributed by atoms with Gasteiger partial charge in [-0.25, -0.2) is 9.92 Å². The monoisotopic (exact) mass is 432 g/mol. The van der Waals surface area contributed by atoms with Crippen LogP contribution in [0.5, 0.6) is 0 Å². The number of nitrogens with zero attached hydrogens (tertiary/aromatic N) is 2. The van der Waals surface area contributed by atoms with E-state index in [1.54, 1.807) is 24.3 Å². The van der Waals surface area contributed by atoms with Gasteiger partial charge in [-0.15, -0.1) is 0 Å². The number of hydrogen-bond donors (Lipinski definition) is 4. The van der Waals surface area contributed by atoms with Crippen LogP contribution in [0.4, 0.5) is 10.1 Å². The fraction of sp³-hybridized carbons (Fsp3) is 0.217. The molecule has 1 saturated heterocycles. The van der Waals surface area contributed by atoms with Gasteiger partial charge in [0.25, 0.3) is 11.5 Å². The first kappa shape index (κ1) is 20.1. The Hall–Kier alpha value is -3.85. The first-order chi connectivity index (χ1) is 15.4. The van der Waals surface area contributed by atoms with Crippen LogP contribution in [-0.4, -0.2) is 34.9 Å². The number of halogens is 1. The highest BCUT2D eigenvalue weighted by molar-refractivity contribution is 5.95. The number of nitrogens with one attached hydrogen (secondary N) is 3. The maximum absolute atomic E-state index is 13.5. The van der Waals surface area contributed by atoms with Gasteiger partial charge in [0.05, 0.1) is 5.56 Å². The molecule has 0 spiro atoms. The van der Waals surface area contributed by atoms with E-state index in [0.717, 1.165) is 0 Å². The Morgan fingerprint density at radius 3 is 2.59 bits per heavy atom. The first-order valence-electron chi connectivity index (χ1n) is 10.3. The average Bonchev–Trinajstić information content (AvgIpc) is 3.19. The highest BCUT2D eigenvalue weighted by Crippen LogP contribution is 2.44. The summed E-state index contributed by atoms with van der Waals surface area (Å²) in [7, 11) is 0. The number of carbonyl (C=O) groups is 1. The number of amides is 1. The second-order valence-corrected chi connectivity index (χ2v) is 8.22. The second-order valence-electron chi connectivity index (χ2n) is 8.22. The lowest BCUT2D eigenvalue weighted by atomic mass is 10.1. The van der Waals surface area contributed by atoms with Gasteiger partial charge < -0.3 is 20.9 Å². The normalized spacial score (nSPS) is 22.0. The van der Waals surface area contributed by atoms with Crippen LogP contribution in [0.25, 0.3) is 16.6 Å².